The van der Waals surface area contributed by atoms with Crippen LogP contribution in [0.5, 0.6) is 0 Å². The Morgan fingerprint density at radius 3 is 2.42 bits per heavy atom. The summed E-state index contributed by atoms with van der Waals surface area (Å²) in [6, 6.07) is 11.7. The van der Waals surface area contributed by atoms with E-state index in [2.05, 4.69) is 16.7 Å². The highest BCUT2D eigenvalue weighted by atomic mass is 19.1. The SMILES string of the molecule is N#Cc1ccc(-c2ccc(C[C@@H](C#N)NC(=O)[C@H]3N[C@H]4C[C@@H]3[C@@H]3C[C@@H]34)c(F)c2)cc1F. The molecule has 1 amide bonds. The molecule has 6 atom stereocenters. The average molecular weight is 418 g/mol. The molecule has 3 aliphatic rings. The number of carbonyl (C=O) groups excluding carboxylic acids is 1. The molecule has 2 aromatic rings. The molecule has 2 N–H and O–H groups in total. The zero-order valence-electron chi connectivity index (χ0n) is 16.6. The van der Waals surface area contributed by atoms with Crippen LogP contribution >= 0.6 is 0 Å². The normalized spacial score (nSPS) is 28.3. The molecule has 156 valence electrons. The molecular weight excluding hydrogens is 398 g/mol. The van der Waals surface area contributed by atoms with Gasteiger partial charge in [0.25, 0.3) is 0 Å². The van der Waals surface area contributed by atoms with E-state index in [1.54, 1.807) is 24.3 Å². The van der Waals surface area contributed by atoms with Crippen LogP contribution < -0.4 is 10.6 Å². The van der Waals surface area contributed by atoms with Gasteiger partial charge in [-0.3, -0.25) is 4.79 Å². The van der Waals surface area contributed by atoms with Crippen molar-refractivity contribution in [1.82, 2.24) is 10.6 Å². The van der Waals surface area contributed by atoms with Gasteiger partial charge in [-0.25, -0.2) is 8.78 Å². The van der Waals surface area contributed by atoms with E-state index in [1.165, 1.54) is 24.6 Å². The third kappa shape index (κ3) is 3.45. The molecule has 0 radical (unpaired) electrons. The lowest BCUT2D eigenvalue weighted by molar-refractivity contribution is -0.124. The van der Waals surface area contributed by atoms with Gasteiger partial charge in [-0.2, -0.15) is 10.5 Å². The van der Waals surface area contributed by atoms with Crippen molar-refractivity contribution >= 4 is 5.91 Å². The van der Waals surface area contributed by atoms with Crippen LogP contribution in [0.3, 0.4) is 0 Å². The van der Waals surface area contributed by atoms with Crippen LogP contribution in [0.1, 0.15) is 24.0 Å². The zero-order chi connectivity index (χ0) is 21.7. The van der Waals surface area contributed by atoms with Crippen molar-refractivity contribution in [3.63, 3.8) is 0 Å². The molecule has 3 fully saturated rings. The maximum absolute atomic E-state index is 14.7. The van der Waals surface area contributed by atoms with Gasteiger partial charge in [0.2, 0.25) is 5.91 Å². The number of nitrogens with zero attached hydrogens (tertiary/aromatic N) is 2. The molecule has 5 nitrogen and oxygen atoms in total. The fraction of sp³-hybridized carbons (Fsp3) is 0.375. The summed E-state index contributed by atoms with van der Waals surface area (Å²) in [6.45, 7) is 0. The average Bonchev–Trinajstić information content (AvgIpc) is 3.37. The first-order valence-corrected chi connectivity index (χ1v) is 10.4. The fourth-order valence-electron chi connectivity index (χ4n) is 5.32. The molecule has 2 aliphatic carbocycles. The Labute approximate surface area is 178 Å². The first-order valence-electron chi connectivity index (χ1n) is 10.4. The van der Waals surface area contributed by atoms with E-state index >= 15 is 0 Å². The van der Waals surface area contributed by atoms with Gasteiger partial charge in [0, 0.05) is 12.5 Å². The van der Waals surface area contributed by atoms with E-state index in [1.807, 2.05) is 0 Å². The number of piperidine rings is 1. The van der Waals surface area contributed by atoms with Crippen LogP contribution in [0.25, 0.3) is 11.1 Å². The summed E-state index contributed by atoms with van der Waals surface area (Å²) in [4.78, 5) is 12.7. The molecule has 0 unspecified atom stereocenters. The van der Waals surface area contributed by atoms with E-state index in [0.29, 0.717) is 34.6 Å². The smallest absolute Gasteiger partial charge is 0.238 e. The molecule has 1 aliphatic heterocycles. The van der Waals surface area contributed by atoms with Gasteiger partial charge in [-0.15, -0.1) is 0 Å². The number of nitrogens with one attached hydrogen (secondary N) is 2. The second kappa shape index (κ2) is 7.44. The van der Waals surface area contributed by atoms with E-state index in [4.69, 9.17) is 5.26 Å². The third-order valence-electron chi connectivity index (χ3n) is 6.96. The molecule has 7 heteroatoms. The predicted molar refractivity (Wildman–Crippen MR) is 108 cm³/mol. The van der Waals surface area contributed by atoms with E-state index < -0.39 is 17.7 Å². The Bertz CT molecular complexity index is 1150. The second-order valence-corrected chi connectivity index (χ2v) is 8.72. The summed E-state index contributed by atoms with van der Waals surface area (Å²) in [5.74, 6) is 0.323. The Morgan fingerprint density at radius 2 is 1.81 bits per heavy atom. The summed E-state index contributed by atoms with van der Waals surface area (Å²) in [5.41, 5.74) is 1.14. The van der Waals surface area contributed by atoms with E-state index in [0.717, 1.165) is 12.3 Å². The van der Waals surface area contributed by atoms with Gasteiger partial charge in [0.05, 0.1) is 17.7 Å². The Morgan fingerprint density at radius 1 is 1.06 bits per heavy atom. The summed E-state index contributed by atoms with van der Waals surface area (Å²) < 4.78 is 28.6. The predicted octanol–water partition coefficient (Wildman–Crippen LogP) is 3.05. The lowest BCUT2D eigenvalue weighted by atomic mass is 9.96. The highest BCUT2D eigenvalue weighted by molar-refractivity contribution is 5.83. The first kappa shape index (κ1) is 19.7. The molecule has 2 aromatic carbocycles. The number of hydrogen-bond donors (Lipinski definition) is 2. The summed E-state index contributed by atoms with van der Waals surface area (Å²) >= 11 is 0. The maximum Gasteiger partial charge on any atom is 0.238 e. The van der Waals surface area contributed by atoms with Crippen molar-refractivity contribution in [3.8, 4) is 23.3 Å². The Hall–Kier alpha value is -3.29. The summed E-state index contributed by atoms with van der Waals surface area (Å²) in [6.07, 6.45) is 2.26. The van der Waals surface area contributed by atoms with Crippen LogP contribution in [0, 0.1) is 52.1 Å². The minimum Gasteiger partial charge on any atom is -0.339 e. The van der Waals surface area contributed by atoms with Crippen molar-refractivity contribution in [1.29, 1.82) is 10.5 Å². The minimum absolute atomic E-state index is 0.0446. The van der Waals surface area contributed by atoms with Crippen molar-refractivity contribution in [3.05, 3.63) is 59.2 Å². The number of benzene rings is 2. The van der Waals surface area contributed by atoms with Gasteiger partial charge >= 0.3 is 0 Å². The Balaban J connectivity index is 1.26. The number of halogens is 2. The number of hydrogen-bond acceptors (Lipinski definition) is 4. The van der Waals surface area contributed by atoms with Crippen molar-refractivity contribution in [2.24, 2.45) is 17.8 Å². The van der Waals surface area contributed by atoms with Crippen molar-refractivity contribution < 1.29 is 13.6 Å². The van der Waals surface area contributed by atoms with Crippen LogP contribution in [-0.2, 0) is 11.2 Å². The number of carbonyl (C=O) groups is 1. The lowest BCUT2D eigenvalue weighted by Crippen LogP contribution is -2.51. The largest absolute Gasteiger partial charge is 0.339 e. The van der Waals surface area contributed by atoms with Gasteiger partial charge in [-0.05, 0) is 65.5 Å². The van der Waals surface area contributed by atoms with E-state index in [-0.39, 0.29) is 23.9 Å². The van der Waals surface area contributed by atoms with Crippen molar-refractivity contribution in [2.75, 3.05) is 0 Å². The fourth-order valence-corrected chi connectivity index (χ4v) is 5.32. The molecular formula is C24H20F2N4O. The summed E-state index contributed by atoms with van der Waals surface area (Å²) in [7, 11) is 0. The summed E-state index contributed by atoms with van der Waals surface area (Å²) in [5, 5.41) is 24.5. The van der Waals surface area contributed by atoms with Crippen LogP contribution in [0.2, 0.25) is 0 Å². The first-order chi connectivity index (χ1) is 15.0. The Kier molecular flexibility index (Phi) is 4.72. The molecule has 1 heterocycles. The number of fused-ring (bicyclic) bond motifs is 5. The van der Waals surface area contributed by atoms with Crippen LogP contribution in [-0.4, -0.2) is 24.0 Å². The standard InChI is InChI=1S/C24H20F2N4O/c25-20-6-12(13-2-4-15(10-27)21(26)7-13)1-3-14(20)5-16(11-28)29-24(31)23-19-9-22(30-23)18-8-17(18)19/h1-4,6-7,16-19,22-23,30H,5,8-9H2,(H,29,31)/t16-,17+,18-,19+,22-,23-/m0/s1. The molecule has 5 rings (SSSR count). The van der Waals surface area contributed by atoms with Crippen LogP contribution in [0.4, 0.5) is 8.78 Å². The van der Waals surface area contributed by atoms with Gasteiger partial charge < -0.3 is 10.6 Å². The molecule has 0 spiro atoms. The topological polar surface area (TPSA) is 88.7 Å². The molecule has 2 saturated carbocycles. The highest BCUT2D eigenvalue weighted by Gasteiger charge is 2.62. The number of rotatable bonds is 5. The molecule has 1 saturated heterocycles. The maximum atomic E-state index is 14.7. The molecule has 2 bridgehead atoms. The second-order valence-electron chi connectivity index (χ2n) is 8.72. The number of nitriles is 2. The monoisotopic (exact) mass is 418 g/mol. The van der Waals surface area contributed by atoms with E-state index in [9.17, 15) is 18.8 Å². The minimum atomic E-state index is -0.837. The zero-order valence-corrected chi connectivity index (χ0v) is 16.6. The lowest BCUT2D eigenvalue weighted by Gasteiger charge is -2.23. The molecule has 0 aromatic heterocycles. The highest BCUT2D eigenvalue weighted by Crippen LogP contribution is 2.59. The number of amides is 1. The van der Waals surface area contributed by atoms with Gasteiger partial charge in [-0.1, -0.05) is 18.2 Å². The third-order valence-corrected chi connectivity index (χ3v) is 6.96. The van der Waals surface area contributed by atoms with Gasteiger partial charge in [0.15, 0.2) is 0 Å². The quantitative estimate of drug-likeness (QED) is 0.781. The van der Waals surface area contributed by atoms with Crippen molar-refractivity contribution in [2.45, 2.75) is 37.4 Å². The molecule has 31 heavy (non-hydrogen) atoms. The van der Waals surface area contributed by atoms with Gasteiger partial charge in [0.1, 0.15) is 23.7 Å². The van der Waals surface area contributed by atoms with Crippen LogP contribution in [0.15, 0.2) is 36.4 Å².